The van der Waals surface area contributed by atoms with Crippen LogP contribution in [-0.4, -0.2) is 19.6 Å². The highest BCUT2D eigenvalue weighted by atomic mass is 15.2. The summed E-state index contributed by atoms with van der Waals surface area (Å²) in [5, 5.41) is 7.97. The highest BCUT2D eigenvalue weighted by Crippen LogP contribution is 2.25. The summed E-state index contributed by atoms with van der Waals surface area (Å²) >= 11 is 0. The minimum Gasteiger partial charge on any atom is -0.272 e. The predicted molar refractivity (Wildman–Crippen MR) is 54.0 cm³/mol. The molecular weight excluding hydrogens is 176 g/mol. The zero-order chi connectivity index (χ0) is 10.1. The fourth-order valence-electron chi connectivity index (χ4n) is 1.46. The maximum absolute atomic E-state index is 4.17. The zero-order valence-electron chi connectivity index (χ0n) is 8.68. The lowest BCUT2D eigenvalue weighted by molar-refractivity contribution is 0.534. The van der Waals surface area contributed by atoms with Gasteiger partial charge in [-0.2, -0.15) is 0 Å². The molecule has 0 aliphatic rings. The third kappa shape index (κ3) is 1.36. The lowest BCUT2D eigenvalue weighted by Crippen LogP contribution is -2.05. The number of rotatable bonds is 2. The first-order valence-electron chi connectivity index (χ1n) is 4.83. The lowest BCUT2D eigenvalue weighted by Gasteiger charge is -2.15. The first-order valence-corrected chi connectivity index (χ1v) is 4.83. The van der Waals surface area contributed by atoms with E-state index in [1.807, 2.05) is 10.6 Å². The predicted octanol–water partition coefficient (Wildman–Crippen LogP) is 1.88. The molecule has 74 valence electrons. The van der Waals surface area contributed by atoms with Gasteiger partial charge in [-0.15, -0.1) is 10.2 Å². The van der Waals surface area contributed by atoms with Gasteiger partial charge < -0.3 is 0 Å². The third-order valence-electron chi connectivity index (χ3n) is 2.73. The molecule has 0 N–H and O–H groups in total. The van der Waals surface area contributed by atoms with Gasteiger partial charge in [0.05, 0.1) is 0 Å². The van der Waals surface area contributed by atoms with Gasteiger partial charge in [0.15, 0.2) is 5.65 Å². The zero-order valence-corrected chi connectivity index (χ0v) is 8.68. The molecule has 0 spiro atoms. The van der Waals surface area contributed by atoms with Crippen LogP contribution in [0.4, 0.5) is 0 Å². The van der Waals surface area contributed by atoms with E-state index in [0.717, 1.165) is 5.65 Å². The Hall–Kier alpha value is -1.45. The Labute approximate surface area is 83.0 Å². The van der Waals surface area contributed by atoms with Crippen LogP contribution in [0.1, 0.15) is 32.3 Å². The maximum atomic E-state index is 4.17. The molecule has 2 aromatic rings. The SMILES string of the molecule is CC(C)C(C)c1cncn2cnnc12. The minimum absolute atomic E-state index is 0.454. The van der Waals surface area contributed by atoms with Gasteiger partial charge in [-0.25, -0.2) is 4.98 Å². The largest absolute Gasteiger partial charge is 0.272 e. The molecule has 1 atom stereocenters. The van der Waals surface area contributed by atoms with Crippen molar-refractivity contribution in [3.63, 3.8) is 0 Å². The highest BCUT2D eigenvalue weighted by molar-refractivity contribution is 5.46. The smallest absolute Gasteiger partial charge is 0.166 e. The Morgan fingerprint density at radius 2 is 2.00 bits per heavy atom. The van der Waals surface area contributed by atoms with Crippen LogP contribution in [-0.2, 0) is 0 Å². The van der Waals surface area contributed by atoms with Crippen molar-refractivity contribution in [2.24, 2.45) is 5.92 Å². The molecule has 2 heterocycles. The summed E-state index contributed by atoms with van der Waals surface area (Å²) in [6.45, 7) is 6.59. The molecule has 0 fully saturated rings. The van der Waals surface area contributed by atoms with Gasteiger partial charge >= 0.3 is 0 Å². The molecule has 2 aromatic heterocycles. The number of hydrogen-bond acceptors (Lipinski definition) is 3. The number of hydrogen-bond donors (Lipinski definition) is 0. The monoisotopic (exact) mass is 190 g/mol. The number of fused-ring (bicyclic) bond motifs is 1. The Kier molecular flexibility index (Phi) is 2.19. The van der Waals surface area contributed by atoms with Gasteiger partial charge in [0, 0.05) is 11.8 Å². The molecule has 4 nitrogen and oxygen atoms in total. The molecule has 14 heavy (non-hydrogen) atoms. The van der Waals surface area contributed by atoms with Crippen LogP contribution < -0.4 is 0 Å². The van der Waals surface area contributed by atoms with Crippen molar-refractivity contribution in [1.29, 1.82) is 0 Å². The summed E-state index contributed by atoms with van der Waals surface area (Å²) in [6.07, 6.45) is 5.29. The van der Waals surface area contributed by atoms with E-state index in [0.29, 0.717) is 11.8 Å². The topological polar surface area (TPSA) is 43.1 Å². The van der Waals surface area contributed by atoms with Crippen molar-refractivity contribution < 1.29 is 0 Å². The standard InChI is InChI=1S/C10H14N4/c1-7(2)8(3)9-4-11-5-14-6-12-13-10(9)14/h4-8H,1-3H3. The van der Waals surface area contributed by atoms with E-state index in [1.165, 1.54) is 5.56 Å². The summed E-state index contributed by atoms with van der Waals surface area (Å²) in [4.78, 5) is 4.17. The fraction of sp³-hybridized carbons (Fsp3) is 0.500. The van der Waals surface area contributed by atoms with E-state index in [2.05, 4.69) is 36.0 Å². The molecule has 0 saturated carbocycles. The van der Waals surface area contributed by atoms with Crippen LogP contribution in [0.3, 0.4) is 0 Å². The Morgan fingerprint density at radius 3 is 2.71 bits per heavy atom. The van der Waals surface area contributed by atoms with E-state index in [9.17, 15) is 0 Å². The molecule has 0 radical (unpaired) electrons. The number of aromatic nitrogens is 4. The molecule has 2 rings (SSSR count). The third-order valence-corrected chi connectivity index (χ3v) is 2.73. The van der Waals surface area contributed by atoms with Gasteiger partial charge in [-0.05, 0) is 11.8 Å². The second-order valence-electron chi connectivity index (χ2n) is 3.94. The Bertz CT molecular complexity index is 432. The quantitative estimate of drug-likeness (QED) is 0.726. The molecule has 1 unspecified atom stereocenters. The van der Waals surface area contributed by atoms with E-state index in [1.54, 1.807) is 12.7 Å². The van der Waals surface area contributed by atoms with E-state index < -0.39 is 0 Å². The van der Waals surface area contributed by atoms with Gasteiger partial charge in [-0.1, -0.05) is 20.8 Å². The van der Waals surface area contributed by atoms with Crippen LogP contribution in [0.15, 0.2) is 18.9 Å². The molecule has 0 amide bonds. The van der Waals surface area contributed by atoms with Gasteiger partial charge in [0.1, 0.15) is 12.7 Å². The van der Waals surface area contributed by atoms with Crippen LogP contribution in [0.25, 0.3) is 5.65 Å². The summed E-state index contributed by atoms with van der Waals surface area (Å²) in [7, 11) is 0. The summed E-state index contributed by atoms with van der Waals surface area (Å²) in [5.41, 5.74) is 2.08. The second kappa shape index (κ2) is 3.36. The highest BCUT2D eigenvalue weighted by Gasteiger charge is 2.14. The average Bonchev–Trinajstić information content (AvgIpc) is 2.63. The van der Waals surface area contributed by atoms with E-state index in [4.69, 9.17) is 0 Å². The van der Waals surface area contributed by atoms with Gasteiger partial charge in [0.25, 0.3) is 0 Å². The molecule has 0 bridgehead atoms. The van der Waals surface area contributed by atoms with Crippen LogP contribution in [0, 0.1) is 5.92 Å². The molecule has 0 aliphatic carbocycles. The Morgan fingerprint density at radius 1 is 1.21 bits per heavy atom. The Balaban J connectivity index is 2.56. The lowest BCUT2D eigenvalue weighted by atomic mass is 9.92. The molecule has 4 heteroatoms. The van der Waals surface area contributed by atoms with Crippen molar-refractivity contribution in [2.75, 3.05) is 0 Å². The van der Waals surface area contributed by atoms with Crippen LogP contribution >= 0.6 is 0 Å². The van der Waals surface area contributed by atoms with Crippen LogP contribution in [0.2, 0.25) is 0 Å². The van der Waals surface area contributed by atoms with Crippen molar-refractivity contribution >= 4 is 5.65 Å². The fourth-order valence-corrected chi connectivity index (χ4v) is 1.46. The second-order valence-corrected chi connectivity index (χ2v) is 3.94. The van der Waals surface area contributed by atoms with Crippen LogP contribution in [0.5, 0.6) is 0 Å². The first kappa shape index (κ1) is 9.12. The van der Waals surface area contributed by atoms with Crippen molar-refractivity contribution in [3.8, 4) is 0 Å². The average molecular weight is 190 g/mol. The summed E-state index contributed by atoms with van der Waals surface area (Å²) < 4.78 is 1.86. The van der Waals surface area contributed by atoms with Crippen molar-refractivity contribution in [1.82, 2.24) is 19.6 Å². The summed E-state index contributed by atoms with van der Waals surface area (Å²) in [6, 6.07) is 0. The molecule has 0 aromatic carbocycles. The van der Waals surface area contributed by atoms with Gasteiger partial charge in [0.2, 0.25) is 0 Å². The molecule has 0 saturated heterocycles. The molecule has 0 aliphatic heterocycles. The maximum Gasteiger partial charge on any atom is 0.166 e. The summed E-state index contributed by atoms with van der Waals surface area (Å²) in [5.74, 6) is 1.04. The molecular formula is C10H14N4. The normalized spacial score (nSPS) is 13.7. The van der Waals surface area contributed by atoms with Crippen molar-refractivity contribution in [3.05, 3.63) is 24.4 Å². The van der Waals surface area contributed by atoms with E-state index in [-0.39, 0.29) is 0 Å². The first-order chi connectivity index (χ1) is 6.70. The minimum atomic E-state index is 0.454. The van der Waals surface area contributed by atoms with Gasteiger partial charge in [-0.3, -0.25) is 4.40 Å². The van der Waals surface area contributed by atoms with E-state index >= 15 is 0 Å². The van der Waals surface area contributed by atoms with Crippen molar-refractivity contribution in [2.45, 2.75) is 26.7 Å². The number of nitrogens with zero attached hydrogens (tertiary/aromatic N) is 4.